The number of halogens is 3. The Morgan fingerprint density at radius 3 is 2.30 bits per heavy atom. The van der Waals surface area contributed by atoms with Crippen molar-refractivity contribution in [1.82, 2.24) is 4.90 Å². The van der Waals surface area contributed by atoms with Gasteiger partial charge in [-0.25, -0.2) is 0 Å². The molecule has 2 aromatic carbocycles. The van der Waals surface area contributed by atoms with Crippen LogP contribution in [0.3, 0.4) is 0 Å². The fraction of sp³-hybridized carbons (Fsp3) is 0.158. The average Bonchev–Trinajstić information content (AvgIpc) is 2.86. The normalized spacial score (nSPS) is 13.5. The van der Waals surface area contributed by atoms with E-state index in [-0.39, 0.29) is 18.2 Å². The van der Waals surface area contributed by atoms with Crippen LogP contribution in [0.25, 0.3) is 5.70 Å². The van der Waals surface area contributed by atoms with Gasteiger partial charge in [-0.05, 0) is 30.3 Å². The van der Waals surface area contributed by atoms with E-state index >= 15 is 0 Å². The van der Waals surface area contributed by atoms with Crippen LogP contribution in [0.5, 0.6) is 5.75 Å². The number of fused-ring (bicyclic) bond motifs is 1. The smallest absolute Gasteiger partial charge is 0.422 e. The van der Waals surface area contributed by atoms with Crippen LogP contribution in [-0.4, -0.2) is 36.0 Å². The predicted molar refractivity (Wildman–Crippen MR) is 93.1 cm³/mol. The number of nitrogens with zero attached hydrogens (tertiary/aromatic N) is 1. The summed E-state index contributed by atoms with van der Waals surface area (Å²) < 4.78 is 41.0. The molecule has 1 heterocycles. The first-order valence-electron chi connectivity index (χ1n) is 7.94. The van der Waals surface area contributed by atoms with E-state index in [1.54, 1.807) is 24.3 Å². The number of ether oxygens (including phenoxy) is 1. The molecule has 3 rings (SSSR count). The summed E-state index contributed by atoms with van der Waals surface area (Å²) in [5.74, 6) is -0.730. The monoisotopic (exact) mass is 376 g/mol. The molecular weight excluding hydrogens is 361 g/mol. The van der Waals surface area contributed by atoms with Crippen molar-refractivity contribution in [1.29, 1.82) is 0 Å². The molecule has 1 aliphatic heterocycles. The van der Waals surface area contributed by atoms with Crippen molar-refractivity contribution in [3.05, 3.63) is 66.2 Å². The second-order valence-electron chi connectivity index (χ2n) is 5.86. The lowest BCUT2D eigenvalue weighted by molar-refractivity contribution is -0.153. The van der Waals surface area contributed by atoms with Crippen LogP contribution in [0.4, 0.5) is 18.9 Å². The van der Waals surface area contributed by atoms with Crippen molar-refractivity contribution in [2.75, 3.05) is 18.5 Å². The Balaban J connectivity index is 1.59. The SMILES string of the molecule is C=C1c2ccccc2C(=O)N1CC(=O)Nc1ccc(OCC(F)(F)F)cc1. The number of hydrogen-bond acceptors (Lipinski definition) is 3. The summed E-state index contributed by atoms with van der Waals surface area (Å²) in [4.78, 5) is 25.9. The number of carbonyl (C=O) groups is 2. The van der Waals surface area contributed by atoms with E-state index in [9.17, 15) is 22.8 Å². The fourth-order valence-electron chi connectivity index (χ4n) is 2.65. The molecular formula is C19H15F3N2O3. The summed E-state index contributed by atoms with van der Waals surface area (Å²) >= 11 is 0. The molecule has 2 amide bonds. The molecule has 27 heavy (non-hydrogen) atoms. The molecule has 1 N–H and O–H groups in total. The van der Waals surface area contributed by atoms with E-state index in [1.807, 2.05) is 0 Å². The highest BCUT2D eigenvalue weighted by molar-refractivity contribution is 6.11. The fourth-order valence-corrected chi connectivity index (χ4v) is 2.65. The van der Waals surface area contributed by atoms with E-state index in [2.05, 4.69) is 16.6 Å². The zero-order valence-electron chi connectivity index (χ0n) is 14.0. The maximum Gasteiger partial charge on any atom is 0.422 e. The lowest BCUT2D eigenvalue weighted by Gasteiger charge is -2.17. The third-order valence-electron chi connectivity index (χ3n) is 3.88. The number of hydrogen-bond donors (Lipinski definition) is 1. The van der Waals surface area contributed by atoms with Gasteiger partial charge in [0.25, 0.3) is 5.91 Å². The molecule has 0 fully saturated rings. The minimum Gasteiger partial charge on any atom is -0.484 e. The highest BCUT2D eigenvalue weighted by atomic mass is 19.4. The Morgan fingerprint density at radius 2 is 1.70 bits per heavy atom. The molecule has 0 spiro atoms. The molecule has 0 saturated heterocycles. The molecule has 8 heteroatoms. The predicted octanol–water partition coefficient (Wildman–Crippen LogP) is 3.69. The number of alkyl halides is 3. The third-order valence-corrected chi connectivity index (χ3v) is 3.88. The van der Waals surface area contributed by atoms with E-state index < -0.39 is 18.7 Å². The second kappa shape index (κ2) is 7.14. The molecule has 0 unspecified atom stereocenters. The van der Waals surface area contributed by atoms with Gasteiger partial charge in [0.1, 0.15) is 12.3 Å². The molecule has 2 aromatic rings. The first kappa shape index (κ1) is 18.5. The molecule has 0 radical (unpaired) electrons. The van der Waals surface area contributed by atoms with Crippen molar-refractivity contribution >= 4 is 23.2 Å². The van der Waals surface area contributed by atoms with E-state index in [0.717, 1.165) is 0 Å². The van der Waals surface area contributed by atoms with Gasteiger partial charge in [-0.1, -0.05) is 24.8 Å². The number of benzene rings is 2. The number of amides is 2. The van der Waals surface area contributed by atoms with Crippen molar-refractivity contribution in [3.63, 3.8) is 0 Å². The number of anilines is 1. The summed E-state index contributed by atoms with van der Waals surface area (Å²) in [5, 5.41) is 2.58. The molecule has 140 valence electrons. The Hall–Kier alpha value is -3.29. The maximum absolute atomic E-state index is 12.4. The Kier molecular flexibility index (Phi) is 4.89. The Morgan fingerprint density at radius 1 is 1.07 bits per heavy atom. The Labute approximate surface area is 153 Å². The molecule has 1 aliphatic rings. The Bertz CT molecular complexity index is 857. The largest absolute Gasteiger partial charge is 0.484 e. The van der Waals surface area contributed by atoms with Crippen molar-refractivity contribution in [2.24, 2.45) is 0 Å². The molecule has 0 saturated carbocycles. The van der Waals surface area contributed by atoms with E-state index in [0.29, 0.717) is 22.5 Å². The van der Waals surface area contributed by atoms with E-state index in [4.69, 9.17) is 0 Å². The van der Waals surface area contributed by atoms with Gasteiger partial charge in [0.05, 0.1) is 0 Å². The number of carbonyl (C=O) groups excluding carboxylic acids is 2. The molecule has 0 bridgehead atoms. The first-order valence-corrected chi connectivity index (χ1v) is 7.94. The number of nitrogens with one attached hydrogen (secondary N) is 1. The summed E-state index contributed by atoms with van der Waals surface area (Å²) in [6.45, 7) is 2.24. The van der Waals surface area contributed by atoms with Gasteiger partial charge in [0, 0.05) is 22.5 Å². The average molecular weight is 376 g/mol. The molecule has 0 aromatic heterocycles. The quantitative estimate of drug-likeness (QED) is 0.866. The van der Waals surface area contributed by atoms with Crippen LogP contribution in [0.2, 0.25) is 0 Å². The van der Waals surface area contributed by atoms with Gasteiger partial charge in [-0.15, -0.1) is 0 Å². The van der Waals surface area contributed by atoms with Gasteiger partial charge in [-0.2, -0.15) is 13.2 Å². The highest BCUT2D eigenvalue weighted by Crippen LogP contribution is 2.30. The standard InChI is InChI=1S/C19H15F3N2O3/c1-12-15-4-2-3-5-16(15)18(26)24(12)10-17(25)23-13-6-8-14(9-7-13)27-11-19(20,21)22/h2-9H,1,10-11H2,(H,23,25). The van der Waals surface area contributed by atoms with Crippen LogP contribution >= 0.6 is 0 Å². The minimum atomic E-state index is -4.42. The van der Waals surface area contributed by atoms with Gasteiger partial charge >= 0.3 is 6.18 Å². The zero-order valence-corrected chi connectivity index (χ0v) is 14.0. The van der Waals surface area contributed by atoms with Crippen LogP contribution < -0.4 is 10.1 Å². The van der Waals surface area contributed by atoms with Crippen LogP contribution in [-0.2, 0) is 4.79 Å². The van der Waals surface area contributed by atoms with Crippen molar-refractivity contribution in [3.8, 4) is 5.75 Å². The lowest BCUT2D eigenvalue weighted by atomic mass is 10.1. The highest BCUT2D eigenvalue weighted by Gasteiger charge is 2.32. The lowest BCUT2D eigenvalue weighted by Crippen LogP contribution is -2.32. The van der Waals surface area contributed by atoms with Gasteiger partial charge in [-0.3, -0.25) is 14.5 Å². The van der Waals surface area contributed by atoms with Gasteiger partial charge < -0.3 is 10.1 Å². The minimum absolute atomic E-state index is 0.0314. The van der Waals surface area contributed by atoms with Gasteiger partial charge in [0.2, 0.25) is 5.91 Å². The third kappa shape index (κ3) is 4.28. The summed E-state index contributed by atoms with van der Waals surface area (Å²) in [6.07, 6.45) is -4.42. The molecule has 0 aliphatic carbocycles. The van der Waals surface area contributed by atoms with Crippen molar-refractivity contribution in [2.45, 2.75) is 6.18 Å². The zero-order chi connectivity index (χ0) is 19.6. The van der Waals surface area contributed by atoms with E-state index in [1.165, 1.54) is 29.2 Å². The van der Waals surface area contributed by atoms with Crippen LogP contribution in [0.15, 0.2) is 55.1 Å². The number of rotatable bonds is 5. The van der Waals surface area contributed by atoms with Gasteiger partial charge in [0.15, 0.2) is 6.61 Å². The van der Waals surface area contributed by atoms with Crippen LogP contribution in [0.1, 0.15) is 15.9 Å². The summed E-state index contributed by atoms with van der Waals surface area (Å²) in [5.41, 5.74) is 1.98. The second-order valence-corrected chi connectivity index (χ2v) is 5.86. The van der Waals surface area contributed by atoms with Crippen molar-refractivity contribution < 1.29 is 27.5 Å². The first-order chi connectivity index (χ1) is 12.7. The molecule has 5 nitrogen and oxygen atoms in total. The maximum atomic E-state index is 12.4. The summed E-state index contributed by atoms with van der Waals surface area (Å²) in [7, 11) is 0. The summed E-state index contributed by atoms with van der Waals surface area (Å²) in [6, 6.07) is 12.4. The van der Waals surface area contributed by atoms with Crippen LogP contribution in [0, 0.1) is 0 Å². The topological polar surface area (TPSA) is 58.6 Å². The molecule has 0 atom stereocenters.